The highest BCUT2D eigenvalue weighted by atomic mass is 28.5. The molecule has 0 bridgehead atoms. The van der Waals surface area contributed by atoms with E-state index in [1.165, 1.54) is 35.5 Å². The molecule has 0 unspecified atom stereocenters. The summed E-state index contributed by atoms with van der Waals surface area (Å²) in [4.78, 5) is 12.3. The van der Waals surface area contributed by atoms with Gasteiger partial charge in [-0.2, -0.15) is 0 Å². The zero-order valence-corrected chi connectivity index (χ0v) is 23.4. The van der Waals surface area contributed by atoms with Gasteiger partial charge in [0, 0.05) is 51.5 Å². The van der Waals surface area contributed by atoms with Crippen molar-refractivity contribution in [3.8, 4) is 0 Å². The van der Waals surface area contributed by atoms with Crippen molar-refractivity contribution >= 4 is 42.8 Å². The minimum atomic E-state index is -3.96. The molecule has 12 heteroatoms. The highest BCUT2D eigenvalue weighted by molar-refractivity contribution is 6.88. The Kier molecular flexibility index (Phi) is 10.5. The van der Waals surface area contributed by atoms with E-state index in [0.717, 1.165) is 0 Å². The number of hydrogen-bond donors (Lipinski definition) is 0. The Balaban J connectivity index is 2.60. The van der Waals surface area contributed by atoms with Crippen molar-refractivity contribution in [1.82, 2.24) is 0 Å². The molecule has 2 rings (SSSR count). The number of rotatable bonds is 14. The van der Waals surface area contributed by atoms with Crippen molar-refractivity contribution in [2.45, 2.75) is 6.92 Å². The van der Waals surface area contributed by atoms with Crippen molar-refractivity contribution in [2.75, 3.05) is 41.8 Å². The molecule has 0 saturated carbocycles. The van der Waals surface area contributed by atoms with Crippen molar-refractivity contribution in [2.24, 2.45) is 0 Å². The third-order valence-corrected chi connectivity index (χ3v) is 14.9. The molecule has 0 aliphatic carbocycles. The van der Waals surface area contributed by atoms with Gasteiger partial charge in [-0.25, -0.2) is 4.79 Å². The fourth-order valence-corrected chi connectivity index (χ4v) is 13.3. The molecule has 0 N–H and O–H groups in total. The molecule has 0 aliphatic heterocycles. The second-order valence-electron chi connectivity index (χ2n) is 7.11. The van der Waals surface area contributed by atoms with E-state index in [1.807, 2.05) is 60.7 Å². The summed E-state index contributed by atoms with van der Waals surface area (Å²) in [7, 11) is -3.82. The predicted octanol–water partition coefficient (Wildman–Crippen LogP) is 1.54. The van der Waals surface area contributed by atoms with Crippen molar-refractivity contribution < 1.29 is 39.9 Å². The Morgan fingerprint density at radius 3 is 1.38 bits per heavy atom. The minimum Gasteiger partial charge on any atom is -0.458 e. The number of hydrogen-bond acceptors (Lipinski definition) is 9. The van der Waals surface area contributed by atoms with Crippen molar-refractivity contribution in [3.63, 3.8) is 0 Å². The second-order valence-corrected chi connectivity index (χ2v) is 15.8. The first-order chi connectivity index (χ1) is 16.3. The van der Waals surface area contributed by atoms with E-state index in [9.17, 15) is 4.79 Å². The van der Waals surface area contributed by atoms with E-state index >= 15 is 0 Å². The molecular weight excluding hydrogens is 492 g/mol. The van der Waals surface area contributed by atoms with Gasteiger partial charge in [0.15, 0.2) is 6.23 Å². The minimum absolute atomic E-state index is 0.217. The van der Waals surface area contributed by atoms with E-state index in [-0.39, 0.29) is 11.8 Å². The highest BCUT2D eigenvalue weighted by Crippen LogP contribution is 2.24. The molecule has 0 heterocycles. The number of esters is 1. The van der Waals surface area contributed by atoms with Gasteiger partial charge in [-0.1, -0.05) is 67.2 Å². The van der Waals surface area contributed by atoms with E-state index in [4.69, 9.17) is 35.1 Å². The summed E-state index contributed by atoms with van der Waals surface area (Å²) < 4.78 is 47.7. The normalized spacial score (nSPS) is 12.4. The lowest BCUT2D eigenvalue weighted by molar-refractivity contribution is -0.138. The lowest BCUT2D eigenvalue weighted by Gasteiger charge is -2.40. The van der Waals surface area contributed by atoms with Crippen LogP contribution in [0.15, 0.2) is 72.8 Å². The topological polar surface area (TPSA) is 90.9 Å². The van der Waals surface area contributed by atoms with E-state index in [2.05, 4.69) is 6.58 Å². The molecule has 2 aromatic rings. The molecule has 0 amide bonds. The Bertz CT molecular complexity index is 862. The molecule has 0 aromatic heterocycles. The van der Waals surface area contributed by atoms with Gasteiger partial charge in [0.25, 0.3) is 0 Å². The van der Waals surface area contributed by atoms with Gasteiger partial charge >= 0.3 is 32.4 Å². The molecule has 186 valence electrons. The van der Waals surface area contributed by atoms with Crippen LogP contribution in [-0.4, -0.2) is 74.2 Å². The lowest BCUT2D eigenvalue weighted by Crippen LogP contribution is -2.71. The van der Waals surface area contributed by atoms with Gasteiger partial charge in [-0.15, -0.1) is 0 Å². The van der Waals surface area contributed by atoms with Crippen LogP contribution < -0.4 is 10.4 Å². The first kappa shape index (κ1) is 28.3. The number of ether oxygens (including phenoxy) is 1. The summed E-state index contributed by atoms with van der Waals surface area (Å²) in [5, 5.41) is 1.34. The first-order valence-electron chi connectivity index (χ1n) is 10.4. The Hall–Kier alpha value is -1.98. The Morgan fingerprint density at radius 1 is 0.706 bits per heavy atom. The summed E-state index contributed by atoms with van der Waals surface area (Å²) in [6.45, 7) is 5.17. The van der Waals surface area contributed by atoms with Crippen LogP contribution in [0.3, 0.4) is 0 Å². The first-order valence-corrected chi connectivity index (χ1v) is 15.7. The fraction of sp³-hybridized carbons (Fsp3) is 0.318. The van der Waals surface area contributed by atoms with E-state index in [1.54, 1.807) is 6.92 Å². The molecule has 0 aliphatic rings. The summed E-state index contributed by atoms with van der Waals surface area (Å²) in [6.07, 6.45) is -0.349. The summed E-state index contributed by atoms with van der Waals surface area (Å²) in [6, 6.07) is 18.4. The SMILES string of the molecule is C=C(C)C(=O)OC[Si](OC)(O[Si](OC)(OC)c1ccccc1)O[Si](OC)(OC)c1ccccc1. The number of benzene rings is 2. The highest BCUT2D eigenvalue weighted by Gasteiger charge is 2.61. The van der Waals surface area contributed by atoms with Crippen LogP contribution >= 0.6 is 0 Å². The molecular formula is C22H32O9Si3. The smallest absolute Gasteiger partial charge is 0.458 e. The van der Waals surface area contributed by atoms with Gasteiger partial charge in [0.2, 0.25) is 0 Å². The zero-order valence-electron chi connectivity index (χ0n) is 20.4. The monoisotopic (exact) mass is 524 g/mol. The van der Waals surface area contributed by atoms with Crippen LogP contribution in [0.2, 0.25) is 0 Å². The molecule has 2 aromatic carbocycles. The van der Waals surface area contributed by atoms with Crippen LogP contribution in [0.1, 0.15) is 6.92 Å². The number of carbonyl (C=O) groups excluding carboxylic acids is 1. The summed E-state index contributed by atoms with van der Waals surface area (Å²) >= 11 is 0. The third kappa shape index (κ3) is 6.37. The Labute approximate surface area is 204 Å². The van der Waals surface area contributed by atoms with Gasteiger partial charge in [0.05, 0.1) is 0 Å². The maximum Gasteiger partial charge on any atom is 0.529 e. The number of carbonyl (C=O) groups is 1. The zero-order chi connectivity index (χ0) is 25.2. The second kappa shape index (κ2) is 12.6. The molecule has 9 nitrogen and oxygen atoms in total. The van der Waals surface area contributed by atoms with Gasteiger partial charge in [-0.05, 0) is 6.92 Å². The average Bonchev–Trinajstić information content (AvgIpc) is 2.89. The van der Waals surface area contributed by atoms with Crippen LogP contribution in [0, 0.1) is 0 Å². The van der Waals surface area contributed by atoms with E-state index < -0.39 is 32.4 Å². The average molecular weight is 525 g/mol. The molecule has 0 fully saturated rings. The summed E-state index contributed by atoms with van der Waals surface area (Å²) in [5.41, 5.74) is 0.217. The van der Waals surface area contributed by atoms with Gasteiger partial charge in [-0.3, -0.25) is 0 Å². The summed E-state index contributed by atoms with van der Waals surface area (Å²) in [5.74, 6) is -0.621. The molecule has 0 saturated heterocycles. The quantitative estimate of drug-likeness (QED) is 0.207. The largest absolute Gasteiger partial charge is 0.529 e. The molecule has 0 spiro atoms. The van der Waals surface area contributed by atoms with Crippen LogP contribution in [0.4, 0.5) is 0 Å². The maximum atomic E-state index is 12.3. The van der Waals surface area contributed by atoms with E-state index in [0.29, 0.717) is 10.4 Å². The van der Waals surface area contributed by atoms with Crippen molar-refractivity contribution in [1.29, 1.82) is 0 Å². The van der Waals surface area contributed by atoms with Gasteiger partial charge < -0.3 is 35.1 Å². The predicted molar refractivity (Wildman–Crippen MR) is 132 cm³/mol. The lowest BCUT2D eigenvalue weighted by atomic mass is 10.4. The molecule has 34 heavy (non-hydrogen) atoms. The standard InChI is InChI=1S/C22H32O9Si3/c1-19(2)22(23)29-18-32(24-3,30-33(25-4,26-5)20-14-10-8-11-15-20)31-34(27-6,28-7)21-16-12-9-13-17-21/h8-17H,1,18H2,2-7H3. The van der Waals surface area contributed by atoms with Gasteiger partial charge in [0.1, 0.15) is 0 Å². The fourth-order valence-electron chi connectivity index (χ4n) is 3.12. The van der Waals surface area contributed by atoms with Crippen LogP contribution in [0.5, 0.6) is 0 Å². The molecule has 0 radical (unpaired) electrons. The van der Waals surface area contributed by atoms with Crippen molar-refractivity contribution in [3.05, 3.63) is 72.8 Å². The Morgan fingerprint density at radius 2 is 1.09 bits per heavy atom. The van der Waals surface area contributed by atoms with Crippen LogP contribution in [0.25, 0.3) is 0 Å². The third-order valence-electron chi connectivity index (χ3n) is 4.95. The maximum absolute atomic E-state index is 12.3. The van der Waals surface area contributed by atoms with Crippen LogP contribution in [-0.2, 0) is 39.9 Å². The molecule has 0 atom stereocenters.